The van der Waals surface area contributed by atoms with Crippen molar-refractivity contribution in [3.63, 3.8) is 0 Å². The number of rotatable bonds is 33. The minimum atomic E-state index is -1.43. The molecule has 0 N–H and O–H groups in total. The molecule has 14 aliphatic rings. The Morgan fingerprint density at radius 3 is 1.05 bits per heavy atom. The van der Waals surface area contributed by atoms with Gasteiger partial charge in [-0.15, -0.1) is 0 Å². The van der Waals surface area contributed by atoms with Gasteiger partial charge in [0.05, 0.1) is 31.2 Å². The van der Waals surface area contributed by atoms with Crippen molar-refractivity contribution in [2.45, 2.75) is 113 Å². The molecule has 500 valence electrons. The molecule has 20 atom stereocenters. The molecule has 0 aromatic carbocycles. The van der Waals surface area contributed by atoms with Gasteiger partial charge >= 0.3 is 17.9 Å². The molecule has 0 amide bonds. The minimum Gasteiger partial charge on any atom is -0.463 e. The predicted octanol–water partition coefficient (Wildman–Crippen LogP) is -0.0532. The van der Waals surface area contributed by atoms with E-state index in [2.05, 4.69) is 94.7 Å². The number of esters is 3. The van der Waals surface area contributed by atoms with Gasteiger partial charge in [0.25, 0.3) is 0 Å². The lowest BCUT2D eigenvalue weighted by Crippen LogP contribution is -2.57. The van der Waals surface area contributed by atoms with E-state index >= 15 is 0 Å². The van der Waals surface area contributed by atoms with Crippen molar-refractivity contribution < 1.29 is 133 Å². The maximum absolute atomic E-state index is 13.0. The molecule has 8 bridgehead atoms. The molecule has 14 heterocycles. The number of hydrogen-bond acceptors (Lipinski definition) is 28. The van der Waals surface area contributed by atoms with Gasteiger partial charge in [0, 0.05) is 90.7 Å². The van der Waals surface area contributed by atoms with Crippen LogP contribution in [0.3, 0.4) is 0 Å². The highest BCUT2D eigenvalue weighted by molar-refractivity contribution is 5.68. The first-order chi connectivity index (χ1) is 44.3. The molecule has 14 aliphatic heterocycles. The zero-order valence-corrected chi connectivity index (χ0v) is 53.0. The van der Waals surface area contributed by atoms with Gasteiger partial charge in [-0.25, -0.2) is 0 Å². The SMILES string of the molecule is COCOC[C@H]1OC2C#CC#CC3O[C@H](OCOC)C(C#CC#CC4[C@@H](OCOC)OC(C#CC#CC5[C@@H](COC(C)=O)OC(C#CC#CC1[C@H](COCOC)[C@H]2OCOC)[C@H](OC(C)=O)[C@H]5OC(C)=O)[C@H](OCOC)[C@H]4OCOC)[C@H](OCOC)[C@H]3OCOC. The van der Waals surface area contributed by atoms with Crippen LogP contribution in [0.5, 0.6) is 0 Å². The van der Waals surface area contributed by atoms with E-state index in [0.29, 0.717) is 0 Å². The van der Waals surface area contributed by atoms with E-state index in [1.165, 1.54) is 70.9 Å². The maximum Gasteiger partial charge on any atom is 0.303 e. The minimum absolute atomic E-state index is 0.0170. The molecule has 4 saturated heterocycles. The van der Waals surface area contributed by atoms with Gasteiger partial charge in [-0.1, -0.05) is 47.4 Å². The predicted molar refractivity (Wildman–Crippen MR) is 307 cm³/mol. The van der Waals surface area contributed by atoms with Gasteiger partial charge in [-0.05, 0) is 47.4 Å². The Labute approximate surface area is 531 Å². The van der Waals surface area contributed by atoms with Crippen LogP contribution in [-0.2, 0) is 133 Å². The second-order valence-corrected chi connectivity index (χ2v) is 19.8. The molecule has 0 saturated carbocycles. The molecule has 28 heteroatoms. The molecule has 14 rings (SSSR count). The number of hydrogen-bond donors (Lipinski definition) is 0. The summed E-state index contributed by atoms with van der Waals surface area (Å²) in [7, 11) is 13.0. The number of methoxy groups -OCH3 is 9. The molecular formula is C63H80O28. The van der Waals surface area contributed by atoms with Crippen LogP contribution in [0.1, 0.15) is 20.8 Å². The molecule has 0 aliphatic carbocycles. The van der Waals surface area contributed by atoms with Crippen molar-refractivity contribution >= 4 is 17.9 Å². The maximum atomic E-state index is 13.0. The van der Waals surface area contributed by atoms with E-state index < -0.39 is 146 Å². The number of ether oxygens (including phenoxy) is 25. The molecule has 8 unspecified atom stereocenters. The summed E-state index contributed by atoms with van der Waals surface area (Å²) in [5.41, 5.74) is 0. The van der Waals surface area contributed by atoms with Crippen LogP contribution in [0.25, 0.3) is 0 Å². The third-order valence-electron chi connectivity index (χ3n) is 13.4. The Morgan fingerprint density at radius 2 is 0.637 bits per heavy atom. The lowest BCUT2D eigenvalue weighted by Gasteiger charge is -2.43. The number of carbonyl (C=O) groups is 3. The largest absolute Gasteiger partial charge is 0.463 e. The van der Waals surface area contributed by atoms with Gasteiger partial charge in [0.1, 0.15) is 122 Å². The zero-order chi connectivity index (χ0) is 65.8. The van der Waals surface area contributed by atoms with Crippen molar-refractivity contribution in [3.05, 3.63) is 0 Å². The van der Waals surface area contributed by atoms with E-state index in [0.717, 1.165) is 13.8 Å². The second-order valence-electron chi connectivity index (χ2n) is 19.8. The highest BCUT2D eigenvalue weighted by atomic mass is 16.8. The fraction of sp³-hybridized carbons (Fsp3) is 0.698. The van der Waals surface area contributed by atoms with E-state index in [-0.39, 0.29) is 74.4 Å². The first-order valence-electron chi connectivity index (χ1n) is 28.3. The Balaban J connectivity index is 1.82. The quantitative estimate of drug-likeness (QED) is 0.0274. The van der Waals surface area contributed by atoms with Gasteiger partial charge in [-0.3, -0.25) is 14.4 Å². The summed E-state index contributed by atoms with van der Waals surface area (Å²) in [5, 5.41) is 0. The third-order valence-corrected chi connectivity index (χ3v) is 13.4. The summed E-state index contributed by atoms with van der Waals surface area (Å²) >= 11 is 0. The van der Waals surface area contributed by atoms with Crippen LogP contribution in [0.2, 0.25) is 0 Å². The summed E-state index contributed by atoms with van der Waals surface area (Å²) in [5.74, 6) is 40.5. The molecule has 91 heavy (non-hydrogen) atoms. The molecule has 0 aromatic rings. The molecule has 4 fully saturated rings. The van der Waals surface area contributed by atoms with Gasteiger partial charge in [0.15, 0.2) is 43.1 Å². The van der Waals surface area contributed by atoms with Crippen molar-refractivity contribution in [2.75, 3.05) is 145 Å². The molecular weight excluding hydrogens is 1200 g/mol. The van der Waals surface area contributed by atoms with Crippen molar-refractivity contribution in [2.24, 2.45) is 29.6 Å². The normalized spacial score (nSPS) is 31.5. The number of carbonyl (C=O) groups excluding carboxylic acids is 3. The molecule has 0 radical (unpaired) electrons. The average Bonchev–Trinajstić information content (AvgIpc) is 1.02. The fourth-order valence-electron chi connectivity index (χ4n) is 9.83. The molecule has 0 aromatic heterocycles. The van der Waals surface area contributed by atoms with Crippen molar-refractivity contribution in [1.29, 1.82) is 0 Å². The topological polar surface area (TPSA) is 282 Å². The van der Waals surface area contributed by atoms with Crippen LogP contribution >= 0.6 is 0 Å². The average molecular weight is 1290 g/mol. The Kier molecular flexibility index (Phi) is 35.8. The van der Waals surface area contributed by atoms with Crippen LogP contribution in [0, 0.1) is 124 Å². The zero-order valence-electron chi connectivity index (χ0n) is 53.0. The first-order valence-corrected chi connectivity index (χ1v) is 28.3. The summed E-state index contributed by atoms with van der Waals surface area (Å²) in [6.07, 6.45) is -17.1. The summed E-state index contributed by atoms with van der Waals surface area (Å²) in [6, 6.07) is 0. The summed E-state index contributed by atoms with van der Waals surface area (Å²) in [6.45, 7) is 1.05. The van der Waals surface area contributed by atoms with E-state index in [1.54, 1.807) is 0 Å². The van der Waals surface area contributed by atoms with Crippen LogP contribution in [-0.4, -0.2) is 255 Å². The van der Waals surface area contributed by atoms with E-state index in [4.69, 9.17) is 118 Å². The Hall–Kier alpha value is -5.99. The van der Waals surface area contributed by atoms with Crippen LogP contribution < -0.4 is 0 Å². The Bertz CT molecular complexity index is 2780. The third kappa shape index (κ3) is 24.1. The van der Waals surface area contributed by atoms with Gasteiger partial charge in [0.2, 0.25) is 0 Å². The lowest BCUT2D eigenvalue weighted by molar-refractivity contribution is -0.301. The molecule has 28 nitrogen and oxygen atoms in total. The van der Waals surface area contributed by atoms with Crippen molar-refractivity contribution in [1.82, 2.24) is 0 Å². The lowest BCUT2D eigenvalue weighted by atomic mass is 9.79. The van der Waals surface area contributed by atoms with Crippen LogP contribution in [0.15, 0.2) is 0 Å². The first kappa shape index (κ1) is 75.7. The van der Waals surface area contributed by atoms with Crippen molar-refractivity contribution in [3.8, 4) is 94.7 Å². The van der Waals surface area contributed by atoms with Gasteiger partial charge < -0.3 is 118 Å². The Morgan fingerprint density at radius 1 is 0.308 bits per heavy atom. The van der Waals surface area contributed by atoms with E-state index in [9.17, 15) is 14.4 Å². The summed E-state index contributed by atoms with van der Waals surface area (Å²) in [4.78, 5) is 38.3. The monoisotopic (exact) mass is 1280 g/mol. The smallest absolute Gasteiger partial charge is 0.303 e. The second kappa shape index (κ2) is 43.0. The summed E-state index contributed by atoms with van der Waals surface area (Å²) < 4.78 is 146. The fourth-order valence-corrected chi connectivity index (χ4v) is 9.83. The highest BCUT2D eigenvalue weighted by Gasteiger charge is 2.52. The van der Waals surface area contributed by atoms with Crippen LogP contribution in [0.4, 0.5) is 0 Å². The molecule has 0 spiro atoms. The van der Waals surface area contributed by atoms with E-state index in [1.807, 2.05) is 0 Å². The standard InChI is InChI=1S/C63H80O28/c1-41(64)78-31-54-45-22-16-18-26-50-59(82-37-72-9)56(80-35-70-7)46(62(90-50)84-39-74-11)23-13-14-24-47-57(81-36-71-8)60(83-38-73-10)51(91-63(47)85-40-75-12)27-20-19-25-49-55(79-34-69-6)48(29-76-32-67-4)44(53(88-49)30-77-33-68-5)21-15-17-28-52(89-54)61(87-43(3)66)58(45)86-42(2)65/h44-63H,29-40H2,1-12H3/t44?,45?,46?,47?,48-,49?,50?,51?,52?,53+,54+,55+,56-,57-,58-,59-,60-,61-,62-,63-/m0/s1. The van der Waals surface area contributed by atoms with Gasteiger partial charge in [-0.2, -0.15) is 0 Å². The highest BCUT2D eigenvalue weighted by Crippen LogP contribution is 2.36.